The zero-order chi connectivity index (χ0) is 15.8. The second kappa shape index (κ2) is 5.75. The maximum Gasteiger partial charge on any atom is 0.331 e. The van der Waals surface area contributed by atoms with Crippen LogP contribution in [0.25, 0.3) is 0 Å². The van der Waals surface area contributed by atoms with Crippen molar-refractivity contribution < 1.29 is 9.53 Å². The number of esters is 1. The van der Waals surface area contributed by atoms with Gasteiger partial charge in [-0.25, -0.2) is 4.79 Å². The number of hydrogen-bond donors (Lipinski definition) is 1. The van der Waals surface area contributed by atoms with Gasteiger partial charge in [-0.05, 0) is 58.4 Å². The number of halogens is 1. The first-order valence-corrected chi connectivity index (χ1v) is 7.77. The molecule has 0 saturated carbocycles. The van der Waals surface area contributed by atoms with Gasteiger partial charge in [-0.2, -0.15) is 0 Å². The molecule has 1 unspecified atom stereocenters. The fraction of sp³-hybridized carbons (Fsp3) is 0.688. The first kappa shape index (κ1) is 16.5. The molecule has 0 radical (unpaired) electrons. The van der Waals surface area contributed by atoms with Gasteiger partial charge in [-0.3, -0.25) is 0 Å². The van der Waals surface area contributed by atoms with Gasteiger partial charge in [0.05, 0.1) is 0 Å². The van der Waals surface area contributed by atoms with Crippen molar-refractivity contribution in [3.05, 3.63) is 22.8 Å². The number of rotatable bonds is 2. The number of ether oxygens (including phenoxy) is 1. The van der Waals surface area contributed by atoms with Crippen molar-refractivity contribution in [2.24, 2.45) is 11.7 Å². The van der Waals surface area contributed by atoms with Crippen LogP contribution in [0.2, 0.25) is 0 Å². The fourth-order valence-corrected chi connectivity index (χ4v) is 3.14. The van der Waals surface area contributed by atoms with E-state index < -0.39 is 11.1 Å². The van der Waals surface area contributed by atoms with Crippen molar-refractivity contribution in [3.8, 4) is 0 Å². The van der Waals surface area contributed by atoms with Gasteiger partial charge in [-0.15, -0.1) is 0 Å². The number of nitrogens with zero attached hydrogens (tertiary/aromatic N) is 1. The Hall–Kier alpha value is -0.840. The molecule has 2 rings (SSSR count). The molecule has 1 heterocycles. The van der Waals surface area contributed by atoms with Gasteiger partial charge in [0.2, 0.25) is 0 Å². The lowest BCUT2D eigenvalue weighted by atomic mass is 9.81. The van der Waals surface area contributed by atoms with Crippen molar-refractivity contribution in [1.29, 1.82) is 0 Å². The second-order valence-electron chi connectivity index (χ2n) is 7.17. The Morgan fingerprint density at radius 1 is 1.52 bits per heavy atom. The van der Waals surface area contributed by atoms with Gasteiger partial charge < -0.3 is 15.4 Å². The Bertz CT molecular complexity index is 493. The van der Waals surface area contributed by atoms with Crippen LogP contribution in [0.4, 0.5) is 0 Å². The van der Waals surface area contributed by atoms with Gasteiger partial charge >= 0.3 is 5.97 Å². The molecule has 0 spiro atoms. The molecule has 118 valence electrons. The van der Waals surface area contributed by atoms with E-state index in [2.05, 4.69) is 11.9 Å². The lowest BCUT2D eigenvalue weighted by Crippen LogP contribution is -2.51. The van der Waals surface area contributed by atoms with E-state index in [1.54, 1.807) is 12.2 Å². The van der Waals surface area contributed by atoms with Crippen LogP contribution < -0.4 is 5.73 Å². The van der Waals surface area contributed by atoms with Gasteiger partial charge in [0.1, 0.15) is 11.1 Å². The van der Waals surface area contributed by atoms with E-state index in [0.717, 1.165) is 30.1 Å². The summed E-state index contributed by atoms with van der Waals surface area (Å²) < 4.78 is 5.46. The number of carbonyl (C=O) groups is 1. The van der Waals surface area contributed by atoms with Crippen LogP contribution in [0.15, 0.2) is 22.8 Å². The monoisotopic (exact) mass is 312 g/mol. The SMILES string of the molecule is CN1CCC(C2=C(Cl)C=C[C@@](N)(C(=O)OC(C)(C)C)C2)C1. The lowest BCUT2D eigenvalue weighted by Gasteiger charge is -2.33. The van der Waals surface area contributed by atoms with Crippen LogP contribution >= 0.6 is 11.6 Å². The molecule has 0 aromatic rings. The molecule has 4 nitrogen and oxygen atoms in total. The van der Waals surface area contributed by atoms with Crippen LogP contribution in [-0.4, -0.2) is 42.1 Å². The van der Waals surface area contributed by atoms with Crippen LogP contribution in [0.5, 0.6) is 0 Å². The highest BCUT2D eigenvalue weighted by atomic mass is 35.5. The third-order valence-electron chi connectivity index (χ3n) is 3.98. The highest BCUT2D eigenvalue weighted by molar-refractivity contribution is 6.31. The van der Waals surface area contributed by atoms with E-state index in [4.69, 9.17) is 22.1 Å². The predicted octanol–water partition coefficient (Wildman–Crippen LogP) is 2.43. The largest absolute Gasteiger partial charge is 0.458 e. The van der Waals surface area contributed by atoms with Crippen molar-refractivity contribution in [3.63, 3.8) is 0 Å². The van der Waals surface area contributed by atoms with Crippen molar-refractivity contribution in [1.82, 2.24) is 4.90 Å². The zero-order valence-electron chi connectivity index (χ0n) is 13.3. The first-order valence-electron chi connectivity index (χ1n) is 7.39. The second-order valence-corrected chi connectivity index (χ2v) is 7.58. The van der Waals surface area contributed by atoms with E-state index in [9.17, 15) is 4.79 Å². The summed E-state index contributed by atoms with van der Waals surface area (Å²) in [5, 5.41) is 0.722. The maximum absolute atomic E-state index is 12.4. The fourth-order valence-electron chi connectivity index (χ4n) is 2.86. The van der Waals surface area contributed by atoms with Crippen molar-refractivity contribution in [2.45, 2.75) is 44.8 Å². The van der Waals surface area contributed by atoms with E-state index in [0.29, 0.717) is 12.3 Å². The summed E-state index contributed by atoms with van der Waals surface area (Å²) in [5.41, 5.74) is 5.72. The molecule has 1 aliphatic carbocycles. The first-order chi connectivity index (χ1) is 9.61. The van der Waals surface area contributed by atoms with Crippen LogP contribution in [0.1, 0.15) is 33.6 Å². The van der Waals surface area contributed by atoms with Gasteiger partial charge in [0, 0.05) is 18.0 Å². The standard InChI is InChI=1S/C16H25ClN2O2/c1-15(2,3)21-14(20)16(18)7-5-13(17)12(9-16)11-6-8-19(4)10-11/h5,7,11H,6,8-10,18H2,1-4H3/t11?,16-/m0/s1. The minimum atomic E-state index is -1.11. The van der Waals surface area contributed by atoms with E-state index in [1.165, 1.54) is 0 Å². The quantitative estimate of drug-likeness (QED) is 0.796. The van der Waals surface area contributed by atoms with Gasteiger partial charge in [0.15, 0.2) is 0 Å². The molecule has 1 saturated heterocycles. The summed E-state index contributed by atoms with van der Waals surface area (Å²) >= 11 is 6.34. The molecule has 0 bridgehead atoms. The summed E-state index contributed by atoms with van der Waals surface area (Å²) in [5.74, 6) is -0.0166. The number of hydrogen-bond acceptors (Lipinski definition) is 4. The zero-order valence-corrected chi connectivity index (χ0v) is 14.0. The Kier molecular flexibility index (Phi) is 4.52. The number of nitrogens with two attached hydrogens (primary N) is 1. The van der Waals surface area contributed by atoms with Crippen LogP contribution in [0.3, 0.4) is 0 Å². The highest BCUT2D eigenvalue weighted by Gasteiger charge is 2.41. The Balaban J connectivity index is 2.16. The lowest BCUT2D eigenvalue weighted by molar-refractivity contribution is -0.159. The van der Waals surface area contributed by atoms with Crippen molar-refractivity contribution >= 4 is 17.6 Å². The molecule has 2 atom stereocenters. The summed E-state index contributed by atoms with van der Waals surface area (Å²) in [6.07, 6.45) is 4.92. The van der Waals surface area contributed by atoms with Crippen LogP contribution in [0, 0.1) is 5.92 Å². The molecule has 1 fully saturated rings. The Morgan fingerprint density at radius 3 is 2.71 bits per heavy atom. The maximum atomic E-state index is 12.4. The third-order valence-corrected chi connectivity index (χ3v) is 4.35. The predicted molar refractivity (Wildman–Crippen MR) is 85.0 cm³/mol. The Labute approximate surface area is 132 Å². The molecule has 21 heavy (non-hydrogen) atoms. The van der Waals surface area contributed by atoms with E-state index >= 15 is 0 Å². The molecular formula is C16H25ClN2O2. The minimum absolute atomic E-state index is 0.373. The summed E-state index contributed by atoms with van der Waals surface area (Å²) in [4.78, 5) is 14.7. The summed E-state index contributed by atoms with van der Waals surface area (Å²) in [6.45, 7) is 7.54. The molecule has 0 aromatic carbocycles. The number of likely N-dealkylation sites (tertiary alicyclic amines) is 1. The number of allylic oxidation sites excluding steroid dienone is 2. The molecule has 0 aromatic heterocycles. The minimum Gasteiger partial charge on any atom is -0.458 e. The molecule has 1 aliphatic heterocycles. The summed E-state index contributed by atoms with van der Waals surface area (Å²) in [7, 11) is 2.09. The van der Waals surface area contributed by atoms with Crippen molar-refractivity contribution in [2.75, 3.05) is 20.1 Å². The molecule has 2 N–H and O–H groups in total. The number of carbonyl (C=O) groups excluding carboxylic acids is 1. The van der Waals surface area contributed by atoms with Crippen LogP contribution in [-0.2, 0) is 9.53 Å². The average molecular weight is 313 g/mol. The van der Waals surface area contributed by atoms with Gasteiger partial charge in [-0.1, -0.05) is 17.7 Å². The smallest absolute Gasteiger partial charge is 0.331 e. The molecule has 2 aliphatic rings. The normalized spacial score (nSPS) is 30.9. The highest BCUT2D eigenvalue weighted by Crippen LogP contribution is 2.37. The topological polar surface area (TPSA) is 55.6 Å². The summed E-state index contributed by atoms with van der Waals surface area (Å²) in [6, 6.07) is 0. The molecular weight excluding hydrogens is 288 g/mol. The van der Waals surface area contributed by atoms with E-state index in [1.807, 2.05) is 20.8 Å². The van der Waals surface area contributed by atoms with Gasteiger partial charge in [0.25, 0.3) is 0 Å². The average Bonchev–Trinajstić information content (AvgIpc) is 2.77. The molecule has 0 amide bonds. The Morgan fingerprint density at radius 2 is 2.19 bits per heavy atom. The van der Waals surface area contributed by atoms with E-state index in [-0.39, 0.29) is 5.97 Å². The molecule has 5 heteroatoms. The third kappa shape index (κ3) is 3.87.